The van der Waals surface area contributed by atoms with Crippen LogP contribution in [0.15, 0.2) is 54.6 Å². The van der Waals surface area contributed by atoms with Crippen molar-refractivity contribution in [3.8, 4) is 11.5 Å². The van der Waals surface area contributed by atoms with Crippen LogP contribution in [0.1, 0.15) is 16.8 Å². The molecule has 0 unspecified atom stereocenters. The number of fused-ring (bicyclic) bond motifs is 2. The average Bonchev–Trinajstić information content (AvgIpc) is 2.86. The van der Waals surface area contributed by atoms with Crippen molar-refractivity contribution in [2.75, 3.05) is 18.5 Å². The normalized spacial score (nSPS) is 13.3. The smallest absolute Gasteiger partial charge is 0.256 e. The van der Waals surface area contributed by atoms with Gasteiger partial charge in [-0.3, -0.25) is 4.79 Å². The highest BCUT2D eigenvalue weighted by atomic mass is 16.5. The van der Waals surface area contributed by atoms with Gasteiger partial charge in [-0.25, -0.2) is 4.98 Å². The van der Waals surface area contributed by atoms with Crippen LogP contribution in [0.3, 0.4) is 0 Å². The lowest BCUT2D eigenvalue weighted by atomic mass is 10.2. The van der Waals surface area contributed by atoms with Gasteiger partial charge in [-0.05, 0) is 36.4 Å². The molecule has 2 aromatic carbocycles. The number of carbonyl (C=O) groups excluding carboxylic acids is 1. The molecule has 4 rings (SSSR count). The minimum Gasteiger partial charge on any atom is -0.490 e. The molecular formula is C19H16N2O3. The molecule has 0 aliphatic carbocycles. The predicted octanol–water partition coefficient (Wildman–Crippen LogP) is 3.65. The number of para-hydroxylation sites is 1. The van der Waals surface area contributed by atoms with Gasteiger partial charge in [0.2, 0.25) is 0 Å². The topological polar surface area (TPSA) is 60.5 Å². The summed E-state index contributed by atoms with van der Waals surface area (Å²) in [6.07, 6.45) is 0.831. The van der Waals surface area contributed by atoms with Crippen LogP contribution in [0.2, 0.25) is 0 Å². The van der Waals surface area contributed by atoms with Crippen molar-refractivity contribution in [1.82, 2.24) is 4.98 Å². The number of nitrogens with one attached hydrogen (secondary N) is 1. The lowest BCUT2D eigenvalue weighted by Gasteiger charge is -2.10. The van der Waals surface area contributed by atoms with E-state index in [-0.39, 0.29) is 5.91 Å². The Bertz CT molecular complexity index is 908. The second-order valence-electron chi connectivity index (χ2n) is 5.56. The Kier molecular flexibility index (Phi) is 3.75. The van der Waals surface area contributed by atoms with Gasteiger partial charge in [0.15, 0.2) is 11.5 Å². The zero-order chi connectivity index (χ0) is 16.4. The Morgan fingerprint density at radius 1 is 0.958 bits per heavy atom. The SMILES string of the molecule is O=C(Nc1ccc2ccccc2n1)c1ccc2c(c1)OCCCO2. The number of amides is 1. The van der Waals surface area contributed by atoms with Gasteiger partial charge in [-0.2, -0.15) is 0 Å². The van der Waals surface area contributed by atoms with Gasteiger partial charge in [0, 0.05) is 17.4 Å². The predicted molar refractivity (Wildman–Crippen MR) is 91.7 cm³/mol. The van der Waals surface area contributed by atoms with Gasteiger partial charge >= 0.3 is 0 Å². The molecule has 1 aliphatic heterocycles. The average molecular weight is 320 g/mol. The summed E-state index contributed by atoms with van der Waals surface area (Å²) in [6, 6.07) is 16.7. The van der Waals surface area contributed by atoms with Crippen LogP contribution in [-0.2, 0) is 0 Å². The van der Waals surface area contributed by atoms with Gasteiger partial charge in [-0.1, -0.05) is 18.2 Å². The highest BCUT2D eigenvalue weighted by Crippen LogP contribution is 2.30. The Labute approximate surface area is 139 Å². The first-order valence-corrected chi connectivity index (χ1v) is 7.86. The molecule has 3 aromatic rings. The molecule has 1 amide bonds. The van der Waals surface area contributed by atoms with Gasteiger partial charge in [-0.15, -0.1) is 0 Å². The third-order valence-corrected chi connectivity index (χ3v) is 3.85. The maximum absolute atomic E-state index is 12.5. The van der Waals surface area contributed by atoms with E-state index in [4.69, 9.17) is 9.47 Å². The Morgan fingerprint density at radius 3 is 2.71 bits per heavy atom. The summed E-state index contributed by atoms with van der Waals surface area (Å²) in [4.78, 5) is 16.9. The third-order valence-electron chi connectivity index (χ3n) is 3.85. The maximum atomic E-state index is 12.5. The molecule has 0 bridgehead atoms. The summed E-state index contributed by atoms with van der Waals surface area (Å²) in [5.41, 5.74) is 1.35. The number of ether oxygens (including phenoxy) is 2. The molecule has 24 heavy (non-hydrogen) atoms. The van der Waals surface area contributed by atoms with E-state index in [0.29, 0.717) is 36.1 Å². The van der Waals surface area contributed by atoms with E-state index in [2.05, 4.69) is 10.3 Å². The molecule has 1 aliphatic rings. The third kappa shape index (κ3) is 2.88. The molecule has 5 heteroatoms. The molecule has 0 radical (unpaired) electrons. The number of carbonyl (C=O) groups is 1. The van der Waals surface area contributed by atoms with Crippen molar-refractivity contribution >= 4 is 22.6 Å². The first-order valence-electron chi connectivity index (χ1n) is 7.86. The fourth-order valence-corrected chi connectivity index (χ4v) is 2.63. The summed E-state index contributed by atoms with van der Waals surface area (Å²) in [5, 5.41) is 3.86. The van der Waals surface area contributed by atoms with Crippen LogP contribution in [0.5, 0.6) is 11.5 Å². The van der Waals surface area contributed by atoms with E-state index in [9.17, 15) is 4.79 Å². The fraction of sp³-hybridized carbons (Fsp3) is 0.158. The molecule has 120 valence electrons. The van der Waals surface area contributed by atoms with Gasteiger partial charge < -0.3 is 14.8 Å². The fourth-order valence-electron chi connectivity index (χ4n) is 2.63. The number of nitrogens with zero attached hydrogens (tertiary/aromatic N) is 1. The molecule has 0 fully saturated rings. The monoisotopic (exact) mass is 320 g/mol. The van der Waals surface area contributed by atoms with Crippen LogP contribution in [0.4, 0.5) is 5.82 Å². The van der Waals surface area contributed by atoms with Crippen LogP contribution >= 0.6 is 0 Å². The zero-order valence-electron chi connectivity index (χ0n) is 13.0. The molecule has 0 spiro atoms. The van der Waals surface area contributed by atoms with Crippen molar-refractivity contribution in [2.45, 2.75) is 6.42 Å². The second-order valence-corrected chi connectivity index (χ2v) is 5.56. The quantitative estimate of drug-likeness (QED) is 0.783. The number of aromatic nitrogens is 1. The molecular weight excluding hydrogens is 304 g/mol. The number of anilines is 1. The van der Waals surface area contributed by atoms with Gasteiger partial charge in [0.25, 0.3) is 5.91 Å². The van der Waals surface area contributed by atoms with E-state index in [1.165, 1.54) is 0 Å². The number of hydrogen-bond acceptors (Lipinski definition) is 4. The molecule has 0 saturated heterocycles. The largest absolute Gasteiger partial charge is 0.490 e. The summed E-state index contributed by atoms with van der Waals surface area (Å²) >= 11 is 0. The minimum absolute atomic E-state index is 0.228. The number of rotatable bonds is 2. The van der Waals surface area contributed by atoms with E-state index in [0.717, 1.165) is 17.3 Å². The molecule has 0 saturated carbocycles. The number of hydrogen-bond donors (Lipinski definition) is 1. The Hall–Kier alpha value is -3.08. The van der Waals surface area contributed by atoms with Crippen molar-refractivity contribution in [1.29, 1.82) is 0 Å². The van der Waals surface area contributed by atoms with Crippen LogP contribution in [0.25, 0.3) is 10.9 Å². The molecule has 0 atom stereocenters. The Balaban J connectivity index is 1.58. The lowest BCUT2D eigenvalue weighted by Crippen LogP contribution is -2.13. The number of benzene rings is 2. The van der Waals surface area contributed by atoms with Crippen LogP contribution < -0.4 is 14.8 Å². The van der Waals surface area contributed by atoms with Gasteiger partial charge in [0.1, 0.15) is 5.82 Å². The van der Waals surface area contributed by atoms with Crippen molar-refractivity contribution in [3.05, 3.63) is 60.2 Å². The molecule has 5 nitrogen and oxygen atoms in total. The highest BCUT2D eigenvalue weighted by molar-refractivity contribution is 6.04. The minimum atomic E-state index is -0.228. The highest BCUT2D eigenvalue weighted by Gasteiger charge is 2.14. The van der Waals surface area contributed by atoms with E-state index < -0.39 is 0 Å². The summed E-state index contributed by atoms with van der Waals surface area (Å²) in [5.74, 6) is 1.57. The summed E-state index contributed by atoms with van der Waals surface area (Å²) in [7, 11) is 0. The lowest BCUT2D eigenvalue weighted by molar-refractivity contribution is 0.102. The van der Waals surface area contributed by atoms with E-state index in [1.54, 1.807) is 24.3 Å². The number of pyridine rings is 1. The summed E-state index contributed by atoms with van der Waals surface area (Å²) in [6.45, 7) is 1.21. The van der Waals surface area contributed by atoms with Gasteiger partial charge in [0.05, 0.1) is 18.7 Å². The summed E-state index contributed by atoms with van der Waals surface area (Å²) < 4.78 is 11.2. The first-order chi connectivity index (χ1) is 11.8. The second kappa shape index (κ2) is 6.20. The van der Waals surface area contributed by atoms with Crippen LogP contribution in [-0.4, -0.2) is 24.1 Å². The van der Waals surface area contributed by atoms with Crippen molar-refractivity contribution in [3.63, 3.8) is 0 Å². The molecule has 2 heterocycles. The molecule has 1 N–H and O–H groups in total. The van der Waals surface area contributed by atoms with Crippen LogP contribution in [0, 0.1) is 0 Å². The maximum Gasteiger partial charge on any atom is 0.256 e. The zero-order valence-corrected chi connectivity index (χ0v) is 13.0. The van der Waals surface area contributed by atoms with E-state index in [1.807, 2.05) is 30.3 Å². The van der Waals surface area contributed by atoms with Crippen molar-refractivity contribution in [2.24, 2.45) is 0 Å². The molecule has 1 aromatic heterocycles. The Morgan fingerprint density at radius 2 is 1.79 bits per heavy atom. The first kappa shape index (κ1) is 14.5. The van der Waals surface area contributed by atoms with Crippen molar-refractivity contribution < 1.29 is 14.3 Å². The van der Waals surface area contributed by atoms with E-state index >= 15 is 0 Å². The standard InChI is InChI=1S/C19H16N2O3/c22-19(14-6-8-16-17(12-14)24-11-3-10-23-16)21-18-9-7-13-4-1-2-5-15(13)20-18/h1-2,4-9,12H,3,10-11H2,(H,20,21,22).